The minimum atomic E-state index is -1.11. The highest BCUT2D eigenvalue weighted by molar-refractivity contribution is 6.39. The number of aliphatic carboxylic acids is 1. The quantitative estimate of drug-likeness (QED) is 0.489. The van der Waals surface area contributed by atoms with Crippen LogP contribution in [0.15, 0.2) is 48.5 Å². The Labute approximate surface area is 189 Å². The number of aryl methyl sites for hydroxylation is 1. The number of hydrogen-bond donors (Lipinski definition) is 2. The summed E-state index contributed by atoms with van der Waals surface area (Å²) in [6, 6.07) is 12.7. The van der Waals surface area contributed by atoms with Gasteiger partial charge in [0.15, 0.2) is 12.4 Å². The molecule has 2 aromatic carbocycles. The number of rotatable bonds is 11. The molecule has 1 amide bonds. The van der Waals surface area contributed by atoms with Gasteiger partial charge in [0.2, 0.25) is 5.91 Å². The summed E-state index contributed by atoms with van der Waals surface area (Å²) in [4.78, 5) is 47.9. The van der Waals surface area contributed by atoms with Crippen molar-refractivity contribution in [1.82, 2.24) is 5.32 Å². The van der Waals surface area contributed by atoms with Gasteiger partial charge in [-0.3, -0.25) is 14.4 Å². The van der Waals surface area contributed by atoms with E-state index in [4.69, 9.17) is 33.0 Å². The zero-order chi connectivity index (χ0) is 22.8. The standard InChI is InChI=1S/C22H21Cl2NO6/c23-15-7-4-8-16(24)21(15)22(30)31-13-18(26)17(10-12-20(28)29)25-19(27)11-9-14-5-2-1-3-6-14/h1-8,17H,9-13H2,(H,25,27)(H,28,29)/t17-/m0/s1. The van der Waals surface area contributed by atoms with E-state index >= 15 is 0 Å². The largest absolute Gasteiger partial charge is 0.481 e. The fourth-order valence-corrected chi connectivity index (χ4v) is 3.30. The highest BCUT2D eigenvalue weighted by Crippen LogP contribution is 2.25. The molecule has 164 valence electrons. The first-order valence-corrected chi connectivity index (χ1v) is 10.2. The number of hydrogen-bond acceptors (Lipinski definition) is 5. The van der Waals surface area contributed by atoms with Crippen molar-refractivity contribution in [2.75, 3.05) is 6.61 Å². The molecule has 9 heteroatoms. The lowest BCUT2D eigenvalue weighted by Crippen LogP contribution is -2.43. The van der Waals surface area contributed by atoms with Crippen molar-refractivity contribution in [3.8, 4) is 0 Å². The van der Waals surface area contributed by atoms with Gasteiger partial charge in [0, 0.05) is 12.8 Å². The van der Waals surface area contributed by atoms with Gasteiger partial charge < -0.3 is 15.2 Å². The van der Waals surface area contributed by atoms with Crippen LogP contribution < -0.4 is 5.32 Å². The van der Waals surface area contributed by atoms with Gasteiger partial charge in [0.1, 0.15) is 0 Å². The predicted octanol–water partition coefficient (Wildman–Crippen LogP) is 3.70. The lowest BCUT2D eigenvalue weighted by Gasteiger charge is -2.17. The van der Waals surface area contributed by atoms with E-state index in [-0.39, 0.29) is 34.9 Å². The van der Waals surface area contributed by atoms with Crippen LogP contribution in [0.1, 0.15) is 35.2 Å². The van der Waals surface area contributed by atoms with E-state index < -0.39 is 36.3 Å². The first kappa shape index (κ1) is 24.4. The van der Waals surface area contributed by atoms with Crippen LogP contribution in [0.4, 0.5) is 0 Å². The van der Waals surface area contributed by atoms with Gasteiger partial charge in [-0.1, -0.05) is 59.6 Å². The molecule has 31 heavy (non-hydrogen) atoms. The molecule has 0 heterocycles. The van der Waals surface area contributed by atoms with Gasteiger partial charge >= 0.3 is 11.9 Å². The fraction of sp³-hybridized carbons (Fsp3) is 0.273. The molecule has 0 aliphatic heterocycles. The fourth-order valence-electron chi connectivity index (χ4n) is 2.75. The molecule has 0 fully saturated rings. The molecule has 0 saturated heterocycles. The van der Waals surface area contributed by atoms with Crippen molar-refractivity contribution < 1.29 is 29.0 Å². The number of carbonyl (C=O) groups excluding carboxylic acids is 3. The first-order valence-electron chi connectivity index (χ1n) is 9.47. The van der Waals surface area contributed by atoms with E-state index in [1.807, 2.05) is 30.3 Å². The highest BCUT2D eigenvalue weighted by atomic mass is 35.5. The Morgan fingerprint density at radius 2 is 1.58 bits per heavy atom. The second kappa shape index (κ2) is 12.1. The minimum absolute atomic E-state index is 0.0709. The Hall–Kier alpha value is -2.90. The summed E-state index contributed by atoms with van der Waals surface area (Å²) in [5.74, 6) is -3.05. The Morgan fingerprint density at radius 3 is 2.19 bits per heavy atom. The molecule has 2 N–H and O–H groups in total. The van der Waals surface area contributed by atoms with Gasteiger partial charge in [-0.15, -0.1) is 0 Å². The maximum Gasteiger partial charge on any atom is 0.341 e. The third-order valence-electron chi connectivity index (χ3n) is 4.37. The van der Waals surface area contributed by atoms with Crippen LogP contribution in [-0.2, 0) is 25.5 Å². The number of ether oxygens (including phenoxy) is 1. The molecule has 0 unspecified atom stereocenters. The summed E-state index contributed by atoms with van der Waals surface area (Å²) in [7, 11) is 0. The smallest absolute Gasteiger partial charge is 0.341 e. The molecular weight excluding hydrogens is 445 g/mol. The van der Waals surface area contributed by atoms with Crippen LogP contribution in [0, 0.1) is 0 Å². The van der Waals surface area contributed by atoms with Crippen molar-refractivity contribution in [1.29, 1.82) is 0 Å². The average molecular weight is 466 g/mol. The van der Waals surface area contributed by atoms with Gasteiger partial charge in [-0.25, -0.2) is 4.79 Å². The van der Waals surface area contributed by atoms with Crippen LogP contribution in [0.25, 0.3) is 0 Å². The SMILES string of the molecule is O=C(O)CC[C@H](NC(=O)CCc1ccccc1)C(=O)COC(=O)c1c(Cl)cccc1Cl. The Bertz CT molecular complexity index is 928. The Kier molecular flexibility index (Phi) is 9.49. The normalized spacial score (nSPS) is 11.4. The molecule has 0 aromatic heterocycles. The summed E-state index contributed by atoms with van der Waals surface area (Å²) in [5, 5.41) is 11.6. The minimum Gasteiger partial charge on any atom is -0.481 e. The van der Waals surface area contributed by atoms with E-state index in [1.165, 1.54) is 12.1 Å². The summed E-state index contributed by atoms with van der Waals surface area (Å²) in [6.45, 7) is -0.663. The van der Waals surface area contributed by atoms with Crippen LogP contribution >= 0.6 is 23.2 Å². The van der Waals surface area contributed by atoms with Crippen LogP contribution in [0.2, 0.25) is 10.0 Å². The first-order chi connectivity index (χ1) is 14.8. The molecule has 1 atom stereocenters. The predicted molar refractivity (Wildman–Crippen MR) is 115 cm³/mol. The third-order valence-corrected chi connectivity index (χ3v) is 5.00. The van der Waals surface area contributed by atoms with E-state index in [2.05, 4.69) is 5.32 Å². The van der Waals surface area contributed by atoms with Gasteiger partial charge in [-0.05, 0) is 30.5 Å². The number of carbonyl (C=O) groups is 4. The van der Waals surface area contributed by atoms with Gasteiger partial charge in [-0.2, -0.15) is 0 Å². The summed E-state index contributed by atoms with van der Waals surface area (Å²) >= 11 is 11.9. The number of amides is 1. The Balaban J connectivity index is 1.96. The van der Waals surface area contributed by atoms with E-state index in [1.54, 1.807) is 6.07 Å². The number of Topliss-reactive ketones (excluding diaryl/α,β-unsaturated/α-hetero) is 1. The number of nitrogens with one attached hydrogen (secondary N) is 1. The topological polar surface area (TPSA) is 110 Å². The van der Waals surface area contributed by atoms with Crippen LogP contribution in [-0.4, -0.2) is 41.4 Å². The lowest BCUT2D eigenvalue weighted by molar-refractivity contribution is -0.138. The third kappa shape index (κ3) is 8.03. The van der Waals surface area contributed by atoms with Crippen molar-refractivity contribution in [2.45, 2.75) is 31.7 Å². The average Bonchev–Trinajstić information content (AvgIpc) is 2.74. The second-order valence-corrected chi connectivity index (χ2v) is 7.49. The molecule has 0 aliphatic rings. The number of benzene rings is 2. The van der Waals surface area contributed by atoms with Crippen LogP contribution in [0.5, 0.6) is 0 Å². The number of halogens is 2. The van der Waals surface area contributed by atoms with Gasteiger partial charge in [0.25, 0.3) is 0 Å². The summed E-state index contributed by atoms with van der Waals surface area (Å²) in [5.41, 5.74) is 0.879. The van der Waals surface area contributed by atoms with E-state index in [0.29, 0.717) is 6.42 Å². The molecule has 7 nitrogen and oxygen atoms in total. The highest BCUT2D eigenvalue weighted by Gasteiger charge is 2.24. The van der Waals surface area contributed by atoms with Crippen molar-refractivity contribution in [3.05, 3.63) is 69.7 Å². The van der Waals surface area contributed by atoms with Crippen molar-refractivity contribution in [3.63, 3.8) is 0 Å². The summed E-state index contributed by atoms with van der Waals surface area (Å²) in [6.07, 6.45) is 0.123. The molecule has 0 aliphatic carbocycles. The van der Waals surface area contributed by atoms with Gasteiger partial charge in [0.05, 0.1) is 21.7 Å². The van der Waals surface area contributed by atoms with Crippen molar-refractivity contribution in [2.24, 2.45) is 0 Å². The molecule has 0 bridgehead atoms. The molecule has 2 rings (SSSR count). The molecular formula is C22H21Cl2NO6. The van der Waals surface area contributed by atoms with E-state index in [9.17, 15) is 19.2 Å². The molecule has 0 spiro atoms. The zero-order valence-corrected chi connectivity index (χ0v) is 18.0. The molecule has 0 saturated carbocycles. The number of carboxylic acid groups (broad SMARTS) is 1. The number of esters is 1. The monoisotopic (exact) mass is 465 g/mol. The van der Waals surface area contributed by atoms with Crippen molar-refractivity contribution >= 4 is 46.8 Å². The zero-order valence-electron chi connectivity index (χ0n) is 16.5. The second-order valence-electron chi connectivity index (χ2n) is 6.68. The molecule has 0 radical (unpaired) electrons. The maximum atomic E-state index is 12.5. The number of carboxylic acids is 1. The van der Waals surface area contributed by atoms with Crippen LogP contribution in [0.3, 0.4) is 0 Å². The maximum absolute atomic E-state index is 12.5. The summed E-state index contributed by atoms with van der Waals surface area (Å²) < 4.78 is 4.99. The number of ketones is 1. The van der Waals surface area contributed by atoms with E-state index in [0.717, 1.165) is 5.56 Å². The Morgan fingerprint density at radius 1 is 0.935 bits per heavy atom. The lowest BCUT2D eigenvalue weighted by atomic mass is 10.1. The molecule has 2 aromatic rings.